The average molecular weight is 241 g/mol. The lowest BCUT2D eigenvalue weighted by Gasteiger charge is -2.08. The number of hydrogen-bond acceptors (Lipinski definition) is 3. The number of ether oxygens (including phenoxy) is 1. The zero-order chi connectivity index (χ0) is 11.6. The summed E-state index contributed by atoms with van der Waals surface area (Å²) in [5, 5.41) is 0. The van der Waals surface area contributed by atoms with Gasteiger partial charge < -0.3 is 4.74 Å². The van der Waals surface area contributed by atoms with Crippen molar-refractivity contribution < 1.29 is 13.2 Å². The summed E-state index contributed by atoms with van der Waals surface area (Å²) in [4.78, 5) is 0. The van der Waals surface area contributed by atoms with Crippen molar-refractivity contribution in [3.05, 3.63) is 23.8 Å². The third-order valence-electron chi connectivity index (χ3n) is 2.44. The lowest BCUT2D eigenvalue weighted by molar-refractivity contribution is 0.357. The van der Waals surface area contributed by atoms with E-state index >= 15 is 0 Å². The summed E-state index contributed by atoms with van der Waals surface area (Å²) in [5.41, 5.74) is 1.69. The van der Waals surface area contributed by atoms with E-state index in [2.05, 4.69) is 4.72 Å². The fraction of sp³-hybridized carbons (Fsp3) is 0.455. The molecule has 2 rings (SSSR count). The van der Waals surface area contributed by atoms with Gasteiger partial charge in [0.15, 0.2) is 0 Å². The molecule has 0 saturated heterocycles. The van der Waals surface area contributed by atoms with Crippen LogP contribution in [0.5, 0.6) is 5.75 Å². The molecule has 1 aromatic carbocycles. The summed E-state index contributed by atoms with van der Waals surface area (Å²) in [5.74, 6) is 1.01. The van der Waals surface area contributed by atoms with E-state index in [4.69, 9.17) is 4.74 Å². The predicted molar refractivity (Wildman–Crippen MR) is 63.3 cm³/mol. The first-order valence-corrected chi connectivity index (χ1v) is 7.02. The Balaban J connectivity index is 2.17. The molecule has 0 aliphatic carbocycles. The Labute approximate surface area is 95.7 Å². The summed E-state index contributed by atoms with van der Waals surface area (Å²) in [6.45, 7) is 2.52. The van der Waals surface area contributed by atoms with Crippen molar-refractivity contribution in [3.63, 3.8) is 0 Å². The van der Waals surface area contributed by atoms with Gasteiger partial charge in [-0.3, -0.25) is 4.72 Å². The van der Waals surface area contributed by atoms with E-state index < -0.39 is 10.0 Å². The quantitative estimate of drug-likeness (QED) is 0.874. The molecule has 88 valence electrons. The minimum absolute atomic E-state index is 0.153. The maximum atomic E-state index is 11.6. The molecule has 1 heterocycles. The number of nitrogens with one attached hydrogen (secondary N) is 1. The molecule has 0 saturated carbocycles. The molecule has 0 unspecified atom stereocenters. The van der Waals surface area contributed by atoms with Crippen LogP contribution in [0.25, 0.3) is 0 Å². The zero-order valence-corrected chi connectivity index (χ0v) is 10.0. The fourth-order valence-electron chi connectivity index (χ4n) is 1.75. The highest BCUT2D eigenvalue weighted by Crippen LogP contribution is 2.28. The standard InChI is InChI=1S/C11H15NO3S/c1-2-7-16(13,14)12-10-3-4-11-9(8-10)5-6-15-11/h3-4,8,12H,2,5-7H2,1H3. The van der Waals surface area contributed by atoms with Crippen molar-refractivity contribution in [2.75, 3.05) is 17.1 Å². The number of anilines is 1. The largest absolute Gasteiger partial charge is 0.493 e. The molecule has 5 heteroatoms. The minimum Gasteiger partial charge on any atom is -0.493 e. The van der Waals surface area contributed by atoms with Crippen LogP contribution in [0.1, 0.15) is 18.9 Å². The third kappa shape index (κ3) is 2.47. The Bertz CT molecular complexity index is 482. The smallest absolute Gasteiger partial charge is 0.232 e. The van der Waals surface area contributed by atoms with E-state index in [1.807, 2.05) is 19.1 Å². The Hall–Kier alpha value is -1.23. The van der Waals surface area contributed by atoms with Gasteiger partial charge in [0, 0.05) is 12.1 Å². The molecule has 1 aromatic rings. The van der Waals surface area contributed by atoms with Crippen LogP contribution in [0.3, 0.4) is 0 Å². The summed E-state index contributed by atoms with van der Waals surface area (Å²) >= 11 is 0. The lowest BCUT2D eigenvalue weighted by atomic mass is 10.1. The van der Waals surface area contributed by atoms with Gasteiger partial charge in [-0.05, 0) is 30.2 Å². The number of hydrogen-bond donors (Lipinski definition) is 1. The lowest BCUT2D eigenvalue weighted by Crippen LogP contribution is -2.16. The number of rotatable bonds is 4. The SMILES string of the molecule is CCCS(=O)(=O)Nc1ccc2c(c1)CCO2. The summed E-state index contributed by atoms with van der Waals surface area (Å²) in [7, 11) is -3.19. The Morgan fingerprint density at radius 2 is 2.25 bits per heavy atom. The van der Waals surface area contributed by atoms with Crippen LogP contribution < -0.4 is 9.46 Å². The van der Waals surface area contributed by atoms with E-state index in [0.29, 0.717) is 18.7 Å². The van der Waals surface area contributed by atoms with Gasteiger partial charge in [-0.1, -0.05) is 6.92 Å². The zero-order valence-electron chi connectivity index (χ0n) is 9.19. The van der Waals surface area contributed by atoms with Gasteiger partial charge in [-0.2, -0.15) is 0 Å². The maximum absolute atomic E-state index is 11.6. The Morgan fingerprint density at radius 3 is 3.00 bits per heavy atom. The second-order valence-electron chi connectivity index (χ2n) is 3.84. The van der Waals surface area contributed by atoms with Gasteiger partial charge in [0.25, 0.3) is 0 Å². The van der Waals surface area contributed by atoms with Crippen molar-refractivity contribution in [2.24, 2.45) is 0 Å². The molecule has 1 aliphatic heterocycles. The van der Waals surface area contributed by atoms with Crippen molar-refractivity contribution in [2.45, 2.75) is 19.8 Å². The third-order valence-corrected chi connectivity index (χ3v) is 3.93. The first-order valence-electron chi connectivity index (χ1n) is 5.37. The second-order valence-corrected chi connectivity index (χ2v) is 5.68. The average Bonchev–Trinajstić information content (AvgIpc) is 2.63. The van der Waals surface area contributed by atoms with Crippen molar-refractivity contribution in [1.29, 1.82) is 0 Å². The molecule has 4 nitrogen and oxygen atoms in total. The number of benzene rings is 1. The van der Waals surface area contributed by atoms with E-state index in [1.165, 1.54) is 0 Å². The molecule has 0 spiro atoms. The molecule has 0 radical (unpaired) electrons. The van der Waals surface area contributed by atoms with Gasteiger partial charge in [-0.15, -0.1) is 0 Å². The van der Waals surface area contributed by atoms with Crippen LogP contribution in [-0.2, 0) is 16.4 Å². The van der Waals surface area contributed by atoms with Crippen molar-refractivity contribution in [3.8, 4) is 5.75 Å². The van der Waals surface area contributed by atoms with Gasteiger partial charge in [0.2, 0.25) is 10.0 Å². The Morgan fingerprint density at radius 1 is 1.44 bits per heavy atom. The van der Waals surface area contributed by atoms with Crippen LogP contribution in [0.2, 0.25) is 0 Å². The predicted octanol–water partition coefficient (Wildman–Crippen LogP) is 1.77. The number of fused-ring (bicyclic) bond motifs is 1. The normalized spacial score (nSPS) is 14.3. The Kier molecular flexibility index (Phi) is 3.05. The first-order chi connectivity index (χ1) is 7.61. The van der Waals surface area contributed by atoms with E-state index in [9.17, 15) is 8.42 Å². The molecule has 0 amide bonds. The van der Waals surface area contributed by atoms with Gasteiger partial charge in [0.05, 0.1) is 12.4 Å². The van der Waals surface area contributed by atoms with Gasteiger partial charge in [-0.25, -0.2) is 8.42 Å². The highest BCUT2D eigenvalue weighted by Gasteiger charge is 2.14. The molecule has 1 aliphatic rings. The topological polar surface area (TPSA) is 55.4 Å². The highest BCUT2D eigenvalue weighted by atomic mass is 32.2. The van der Waals surface area contributed by atoms with Crippen LogP contribution in [0.4, 0.5) is 5.69 Å². The molecule has 0 bridgehead atoms. The first kappa shape index (κ1) is 11.3. The summed E-state index contributed by atoms with van der Waals surface area (Å²) in [6, 6.07) is 5.39. The van der Waals surface area contributed by atoms with E-state index in [0.717, 1.165) is 17.7 Å². The monoisotopic (exact) mass is 241 g/mol. The molecule has 16 heavy (non-hydrogen) atoms. The van der Waals surface area contributed by atoms with Crippen LogP contribution in [-0.4, -0.2) is 20.8 Å². The summed E-state index contributed by atoms with van der Waals surface area (Å²) < 4.78 is 31.0. The second kappa shape index (κ2) is 4.33. The van der Waals surface area contributed by atoms with E-state index in [-0.39, 0.29) is 5.75 Å². The molecule has 0 atom stereocenters. The molecule has 0 aromatic heterocycles. The van der Waals surface area contributed by atoms with E-state index in [1.54, 1.807) is 6.07 Å². The van der Waals surface area contributed by atoms with Gasteiger partial charge in [0.1, 0.15) is 5.75 Å². The van der Waals surface area contributed by atoms with Crippen molar-refractivity contribution >= 4 is 15.7 Å². The molecular formula is C11H15NO3S. The highest BCUT2D eigenvalue weighted by molar-refractivity contribution is 7.92. The summed E-state index contributed by atoms with van der Waals surface area (Å²) in [6.07, 6.45) is 1.46. The van der Waals surface area contributed by atoms with Crippen LogP contribution in [0.15, 0.2) is 18.2 Å². The molecule has 0 fully saturated rings. The molecule has 1 N–H and O–H groups in total. The van der Waals surface area contributed by atoms with Crippen molar-refractivity contribution in [1.82, 2.24) is 0 Å². The van der Waals surface area contributed by atoms with Gasteiger partial charge >= 0.3 is 0 Å². The maximum Gasteiger partial charge on any atom is 0.232 e. The minimum atomic E-state index is -3.19. The number of sulfonamides is 1. The van der Waals surface area contributed by atoms with Crippen LogP contribution in [0, 0.1) is 0 Å². The van der Waals surface area contributed by atoms with Crippen LogP contribution >= 0.6 is 0 Å². The molecular weight excluding hydrogens is 226 g/mol. The fourth-order valence-corrected chi connectivity index (χ4v) is 2.87.